The molecule has 1 unspecified atom stereocenters. The molecule has 0 spiro atoms. The first-order chi connectivity index (χ1) is 11.6. The fourth-order valence-corrected chi connectivity index (χ4v) is 3.93. The molecule has 2 fully saturated rings. The molecule has 2 heterocycles. The van der Waals surface area contributed by atoms with Crippen molar-refractivity contribution in [3.8, 4) is 0 Å². The van der Waals surface area contributed by atoms with Crippen LogP contribution in [0.4, 0.5) is 0 Å². The van der Waals surface area contributed by atoms with E-state index >= 15 is 0 Å². The molecule has 0 aromatic carbocycles. The van der Waals surface area contributed by atoms with Crippen LogP contribution in [0.15, 0.2) is 18.5 Å². The van der Waals surface area contributed by atoms with Crippen molar-refractivity contribution >= 4 is 11.8 Å². The SMILES string of the molecule is NC(=O)CN1CCCC(C(=O)NC2CCC(n3cccn3)CC2)C1. The summed E-state index contributed by atoms with van der Waals surface area (Å²) in [6.45, 7) is 1.73. The standard InChI is InChI=1S/C17H27N5O2/c18-16(23)12-21-9-1-3-13(11-21)17(24)20-14-4-6-15(7-5-14)22-10-2-8-19-22/h2,8,10,13-15H,1,3-7,9,11-12H2,(H2,18,23)(H,20,24). The number of likely N-dealkylation sites (tertiary alicyclic amines) is 1. The fraction of sp³-hybridized carbons (Fsp3) is 0.706. The van der Waals surface area contributed by atoms with Gasteiger partial charge in [0.2, 0.25) is 11.8 Å². The lowest BCUT2D eigenvalue weighted by molar-refractivity contribution is -0.129. The summed E-state index contributed by atoms with van der Waals surface area (Å²) in [6.07, 6.45) is 9.74. The number of carbonyl (C=O) groups is 2. The zero-order valence-corrected chi connectivity index (χ0v) is 14.1. The van der Waals surface area contributed by atoms with Gasteiger partial charge in [0.1, 0.15) is 0 Å². The number of aromatic nitrogens is 2. The number of carbonyl (C=O) groups excluding carboxylic acids is 2. The van der Waals surface area contributed by atoms with Crippen LogP contribution < -0.4 is 11.1 Å². The van der Waals surface area contributed by atoms with E-state index in [0.29, 0.717) is 12.6 Å². The first-order valence-corrected chi connectivity index (χ1v) is 8.92. The van der Waals surface area contributed by atoms with Crippen molar-refractivity contribution in [2.24, 2.45) is 11.7 Å². The third kappa shape index (κ3) is 4.35. The van der Waals surface area contributed by atoms with Gasteiger partial charge in [0.15, 0.2) is 0 Å². The van der Waals surface area contributed by atoms with Crippen molar-refractivity contribution in [3.63, 3.8) is 0 Å². The first-order valence-electron chi connectivity index (χ1n) is 8.92. The Morgan fingerprint density at radius 1 is 1.21 bits per heavy atom. The molecule has 1 saturated heterocycles. The van der Waals surface area contributed by atoms with Crippen molar-refractivity contribution in [2.75, 3.05) is 19.6 Å². The van der Waals surface area contributed by atoms with Gasteiger partial charge in [-0.05, 0) is 51.1 Å². The van der Waals surface area contributed by atoms with Crippen LogP contribution >= 0.6 is 0 Å². The molecule has 1 saturated carbocycles. The van der Waals surface area contributed by atoms with Gasteiger partial charge in [-0.2, -0.15) is 5.10 Å². The van der Waals surface area contributed by atoms with Crippen molar-refractivity contribution in [3.05, 3.63) is 18.5 Å². The Morgan fingerprint density at radius 3 is 2.67 bits per heavy atom. The summed E-state index contributed by atoms with van der Waals surface area (Å²) >= 11 is 0. The van der Waals surface area contributed by atoms with Crippen molar-refractivity contribution < 1.29 is 9.59 Å². The largest absolute Gasteiger partial charge is 0.369 e. The maximum Gasteiger partial charge on any atom is 0.231 e. The summed E-state index contributed by atoms with van der Waals surface area (Å²) < 4.78 is 2.03. The van der Waals surface area contributed by atoms with Gasteiger partial charge in [-0.15, -0.1) is 0 Å². The van der Waals surface area contributed by atoms with Gasteiger partial charge in [0, 0.05) is 25.0 Å². The molecule has 7 nitrogen and oxygen atoms in total. The quantitative estimate of drug-likeness (QED) is 0.829. The average molecular weight is 333 g/mol. The summed E-state index contributed by atoms with van der Waals surface area (Å²) in [4.78, 5) is 25.6. The van der Waals surface area contributed by atoms with Gasteiger partial charge in [0.25, 0.3) is 0 Å². The highest BCUT2D eigenvalue weighted by Gasteiger charge is 2.29. The van der Waals surface area contributed by atoms with E-state index in [4.69, 9.17) is 5.73 Å². The zero-order valence-electron chi connectivity index (χ0n) is 14.1. The summed E-state index contributed by atoms with van der Waals surface area (Å²) in [5.74, 6) is -0.221. The number of primary amides is 1. The number of amides is 2. The van der Waals surface area contributed by atoms with Gasteiger partial charge in [-0.3, -0.25) is 19.2 Å². The molecule has 3 rings (SSSR count). The lowest BCUT2D eigenvalue weighted by Gasteiger charge is -2.34. The highest BCUT2D eigenvalue weighted by molar-refractivity contribution is 5.79. The molecule has 2 amide bonds. The lowest BCUT2D eigenvalue weighted by atomic mass is 9.90. The third-order valence-corrected chi connectivity index (χ3v) is 5.20. The van der Waals surface area contributed by atoms with Crippen LogP contribution in [0.2, 0.25) is 0 Å². The summed E-state index contributed by atoms with van der Waals surface area (Å²) in [6, 6.07) is 2.67. The van der Waals surface area contributed by atoms with E-state index in [1.807, 2.05) is 28.0 Å². The number of rotatable bonds is 5. The second kappa shape index (κ2) is 7.79. The predicted octanol–water partition coefficient (Wildman–Crippen LogP) is 0.680. The second-order valence-corrected chi connectivity index (χ2v) is 7.04. The number of nitrogens with two attached hydrogens (primary N) is 1. The molecule has 24 heavy (non-hydrogen) atoms. The summed E-state index contributed by atoms with van der Waals surface area (Å²) in [7, 11) is 0. The Hall–Kier alpha value is -1.89. The summed E-state index contributed by atoms with van der Waals surface area (Å²) in [5, 5.41) is 7.53. The van der Waals surface area contributed by atoms with Crippen LogP contribution in [0.5, 0.6) is 0 Å². The number of hydrogen-bond acceptors (Lipinski definition) is 4. The molecule has 132 valence electrons. The fourth-order valence-electron chi connectivity index (χ4n) is 3.93. The molecule has 7 heteroatoms. The van der Waals surface area contributed by atoms with Gasteiger partial charge in [0.05, 0.1) is 18.5 Å². The maximum absolute atomic E-state index is 12.5. The normalized spacial score (nSPS) is 28.4. The topological polar surface area (TPSA) is 93.3 Å². The maximum atomic E-state index is 12.5. The van der Waals surface area contributed by atoms with Crippen LogP contribution in [-0.2, 0) is 9.59 Å². The Morgan fingerprint density at radius 2 is 2.00 bits per heavy atom. The summed E-state index contributed by atoms with van der Waals surface area (Å²) in [5.41, 5.74) is 5.26. The van der Waals surface area contributed by atoms with E-state index in [1.165, 1.54) is 0 Å². The highest BCUT2D eigenvalue weighted by Crippen LogP contribution is 2.28. The van der Waals surface area contributed by atoms with Gasteiger partial charge in [-0.1, -0.05) is 0 Å². The molecule has 1 aromatic rings. The molecule has 1 aliphatic heterocycles. The van der Waals surface area contributed by atoms with Crippen LogP contribution in [0.3, 0.4) is 0 Å². The molecule has 3 N–H and O–H groups in total. The molecule has 1 atom stereocenters. The lowest BCUT2D eigenvalue weighted by Crippen LogP contribution is -2.48. The number of piperidine rings is 1. The Bertz CT molecular complexity index is 551. The highest BCUT2D eigenvalue weighted by atomic mass is 16.2. The first kappa shape index (κ1) is 17.0. The zero-order chi connectivity index (χ0) is 16.9. The van der Waals surface area contributed by atoms with E-state index in [1.54, 1.807) is 0 Å². The molecular weight excluding hydrogens is 306 g/mol. The van der Waals surface area contributed by atoms with E-state index in [9.17, 15) is 9.59 Å². The minimum absolute atomic E-state index is 0.0260. The van der Waals surface area contributed by atoms with Gasteiger partial charge < -0.3 is 11.1 Å². The Kier molecular flexibility index (Phi) is 5.50. The minimum Gasteiger partial charge on any atom is -0.369 e. The minimum atomic E-state index is -0.326. The number of nitrogens with one attached hydrogen (secondary N) is 1. The number of hydrogen-bond donors (Lipinski definition) is 2. The Balaban J connectivity index is 1.44. The third-order valence-electron chi connectivity index (χ3n) is 5.20. The molecule has 0 bridgehead atoms. The Labute approximate surface area is 142 Å². The molecule has 1 aromatic heterocycles. The second-order valence-electron chi connectivity index (χ2n) is 7.04. The van der Waals surface area contributed by atoms with Crippen molar-refractivity contribution in [1.82, 2.24) is 20.0 Å². The van der Waals surface area contributed by atoms with Crippen LogP contribution in [0.25, 0.3) is 0 Å². The molecular formula is C17H27N5O2. The molecule has 0 radical (unpaired) electrons. The van der Waals surface area contributed by atoms with Gasteiger partial charge >= 0.3 is 0 Å². The van der Waals surface area contributed by atoms with E-state index in [-0.39, 0.29) is 30.3 Å². The van der Waals surface area contributed by atoms with E-state index in [2.05, 4.69) is 10.4 Å². The smallest absolute Gasteiger partial charge is 0.231 e. The average Bonchev–Trinajstić information content (AvgIpc) is 3.09. The van der Waals surface area contributed by atoms with Crippen molar-refractivity contribution in [2.45, 2.75) is 50.6 Å². The predicted molar refractivity (Wildman–Crippen MR) is 90.0 cm³/mol. The molecule has 1 aliphatic carbocycles. The number of nitrogens with zero attached hydrogens (tertiary/aromatic N) is 3. The van der Waals surface area contributed by atoms with Crippen molar-refractivity contribution in [1.29, 1.82) is 0 Å². The van der Waals surface area contributed by atoms with Gasteiger partial charge in [-0.25, -0.2) is 0 Å². The van der Waals surface area contributed by atoms with Crippen LogP contribution in [0, 0.1) is 5.92 Å². The van der Waals surface area contributed by atoms with E-state index in [0.717, 1.165) is 45.1 Å². The van der Waals surface area contributed by atoms with Crippen LogP contribution in [-0.4, -0.2) is 52.2 Å². The monoisotopic (exact) mass is 333 g/mol. The van der Waals surface area contributed by atoms with Crippen LogP contribution in [0.1, 0.15) is 44.6 Å². The van der Waals surface area contributed by atoms with E-state index < -0.39 is 0 Å². The molecule has 2 aliphatic rings.